The van der Waals surface area contributed by atoms with Crippen LogP contribution >= 0.6 is 19.4 Å². The van der Waals surface area contributed by atoms with Crippen LogP contribution in [-0.2, 0) is 18.3 Å². The first-order valence-electron chi connectivity index (χ1n) is 4.60. The lowest BCUT2D eigenvalue weighted by Crippen LogP contribution is -2.52. The van der Waals surface area contributed by atoms with E-state index in [0.29, 0.717) is 0 Å². The van der Waals surface area contributed by atoms with Gasteiger partial charge in [0.2, 0.25) is 11.4 Å². The largest absolute Gasteiger partial charge is 0.474 e. The van der Waals surface area contributed by atoms with E-state index in [-0.39, 0.29) is 0 Å². The monoisotopic (exact) mass is 284 g/mol. The van der Waals surface area contributed by atoms with Gasteiger partial charge in [0.25, 0.3) is 0 Å². The van der Waals surface area contributed by atoms with Crippen molar-refractivity contribution in [1.82, 2.24) is 0 Å². The minimum absolute atomic E-state index is 0.612. The van der Waals surface area contributed by atoms with Crippen LogP contribution in [-0.4, -0.2) is 48.0 Å². The lowest BCUT2D eigenvalue weighted by Gasteiger charge is -2.28. The molecule has 0 aromatic carbocycles. The van der Waals surface area contributed by atoms with Crippen LogP contribution < -0.4 is 0 Å². The first-order chi connectivity index (χ1) is 7.78. The summed E-state index contributed by atoms with van der Waals surface area (Å²) in [6.45, 7) is -0.612. The highest BCUT2D eigenvalue weighted by Crippen LogP contribution is 2.63. The Labute approximate surface area is 102 Å². The van der Waals surface area contributed by atoms with Gasteiger partial charge in [-0.2, -0.15) is 0 Å². The summed E-state index contributed by atoms with van der Waals surface area (Å²) in [5.74, 6) is -0.371. The van der Waals surface area contributed by atoms with E-state index in [0.717, 1.165) is 7.85 Å². The Kier molecular flexibility index (Phi) is 3.08. The SMILES string of the molecule is B[C@]1(F)O[C@H](CO)C2OP(=O)(O)OC21C#CCl. The molecule has 2 fully saturated rings. The summed E-state index contributed by atoms with van der Waals surface area (Å²) in [6.07, 6.45) is -2.49. The second-order valence-corrected chi connectivity index (χ2v) is 5.32. The molecule has 3 unspecified atom stereocenters. The normalized spacial score (nSPS) is 52.9. The molecule has 0 saturated carbocycles. The van der Waals surface area contributed by atoms with Crippen LogP contribution in [0.4, 0.5) is 4.39 Å². The third kappa shape index (κ3) is 1.83. The second kappa shape index (κ2) is 3.94. The van der Waals surface area contributed by atoms with Crippen molar-refractivity contribution in [3.8, 4) is 11.3 Å². The van der Waals surface area contributed by atoms with Crippen molar-refractivity contribution in [2.45, 2.75) is 23.6 Å². The molecule has 2 N–H and O–H groups in total. The maximum atomic E-state index is 14.3. The van der Waals surface area contributed by atoms with E-state index < -0.39 is 38.0 Å². The third-order valence-electron chi connectivity index (χ3n) is 2.69. The number of ether oxygens (including phenoxy) is 1. The van der Waals surface area contributed by atoms with Crippen molar-refractivity contribution in [2.75, 3.05) is 6.61 Å². The maximum Gasteiger partial charge on any atom is 0.474 e. The molecule has 0 aromatic rings. The average molecular weight is 284 g/mol. The molecule has 0 aliphatic carbocycles. The number of alkyl halides is 1. The van der Waals surface area contributed by atoms with Crippen LogP contribution in [0, 0.1) is 11.3 Å². The van der Waals surface area contributed by atoms with E-state index in [9.17, 15) is 13.8 Å². The number of phosphoric ester groups is 1. The average Bonchev–Trinajstić information content (AvgIpc) is 2.57. The summed E-state index contributed by atoms with van der Waals surface area (Å²) in [5.41, 5.74) is -2.12. The molecule has 2 aliphatic heterocycles. The summed E-state index contributed by atoms with van der Waals surface area (Å²) in [6, 6.07) is 0. The molecule has 10 heteroatoms. The molecule has 6 nitrogen and oxygen atoms in total. The molecule has 2 heterocycles. The minimum atomic E-state index is -4.44. The molecule has 94 valence electrons. The fourth-order valence-electron chi connectivity index (χ4n) is 1.98. The molecular weight excluding hydrogens is 276 g/mol. The van der Waals surface area contributed by atoms with Gasteiger partial charge in [0, 0.05) is 5.38 Å². The van der Waals surface area contributed by atoms with Gasteiger partial charge in [-0.15, -0.1) is 0 Å². The van der Waals surface area contributed by atoms with Gasteiger partial charge in [-0.1, -0.05) is 0 Å². The van der Waals surface area contributed by atoms with Crippen LogP contribution in [0.2, 0.25) is 0 Å². The van der Waals surface area contributed by atoms with Gasteiger partial charge in [-0.3, -0.25) is 9.05 Å². The van der Waals surface area contributed by atoms with Gasteiger partial charge in [0.15, 0.2) is 7.85 Å². The summed E-state index contributed by atoms with van der Waals surface area (Å²) >= 11 is 5.20. The number of aliphatic hydroxyl groups is 1. The standard InChI is InChI=1S/C7H8BClFO6P/c8-7(10)6(1-2-9)5(4(3-11)14-7)15-17(12,13)16-6/h4-5,11H,3,8H2,(H,12,13)/t4-,5?,6?,7-/m1/s1. The summed E-state index contributed by atoms with van der Waals surface area (Å²) in [4.78, 5) is 9.23. The summed E-state index contributed by atoms with van der Waals surface area (Å²) in [7, 11) is -3.47. The van der Waals surface area contributed by atoms with Crippen molar-refractivity contribution in [3.05, 3.63) is 0 Å². The van der Waals surface area contributed by atoms with Crippen molar-refractivity contribution < 1.29 is 32.7 Å². The molecule has 0 radical (unpaired) electrons. The first-order valence-corrected chi connectivity index (χ1v) is 6.48. The van der Waals surface area contributed by atoms with Crippen LogP contribution in [0.1, 0.15) is 0 Å². The number of aliphatic hydroxyl groups excluding tert-OH is 1. The molecule has 0 spiro atoms. The molecule has 0 amide bonds. The Balaban J connectivity index is 2.52. The molecular formula is C7H8BClFO6P. The molecule has 5 atom stereocenters. The summed E-state index contributed by atoms with van der Waals surface area (Å²) in [5, 5.41) is 10.9. The minimum Gasteiger partial charge on any atom is -0.394 e. The second-order valence-electron chi connectivity index (χ2n) is 3.80. The summed E-state index contributed by atoms with van der Waals surface area (Å²) < 4.78 is 39.8. The molecule has 0 bridgehead atoms. The zero-order chi connectivity index (χ0) is 12.9. The Morgan fingerprint density at radius 2 is 2.29 bits per heavy atom. The van der Waals surface area contributed by atoms with E-state index in [2.05, 4.69) is 15.0 Å². The predicted octanol–water partition coefficient (Wildman–Crippen LogP) is -0.912. The fraction of sp³-hybridized carbons (Fsp3) is 0.714. The van der Waals surface area contributed by atoms with Crippen molar-refractivity contribution >= 4 is 27.3 Å². The molecule has 2 rings (SSSR count). The van der Waals surface area contributed by atoms with Gasteiger partial charge in [0.1, 0.15) is 12.2 Å². The van der Waals surface area contributed by atoms with Gasteiger partial charge < -0.3 is 14.7 Å². The van der Waals surface area contributed by atoms with Crippen LogP contribution in [0.5, 0.6) is 0 Å². The number of rotatable bonds is 1. The van der Waals surface area contributed by atoms with Crippen molar-refractivity contribution in [3.63, 3.8) is 0 Å². The first kappa shape index (κ1) is 13.3. The quantitative estimate of drug-likeness (QED) is 0.368. The smallest absolute Gasteiger partial charge is 0.394 e. The van der Waals surface area contributed by atoms with Gasteiger partial charge in [0.05, 0.1) is 6.61 Å². The topological polar surface area (TPSA) is 85.2 Å². The number of hydrogen-bond donors (Lipinski definition) is 2. The number of hydrogen-bond acceptors (Lipinski definition) is 5. The maximum absolute atomic E-state index is 14.3. The van der Waals surface area contributed by atoms with Gasteiger partial charge in [-0.05, 0) is 17.5 Å². The number of phosphoric acid groups is 1. The van der Waals surface area contributed by atoms with Crippen LogP contribution in [0.15, 0.2) is 0 Å². The Morgan fingerprint density at radius 1 is 1.65 bits per heavy atom. The molecule has 2 saturated heterocycles. The highest BCUT2D eigenvalue weighted by molar-refractivity contribution is 7.47. The van der Waals surface area contributed by atoms with E-state index in [4.69, 9.17) is 21.4 Å². The van der Waals surface area contributed by atoms with Crippen LogP contribution in [0.25, 0.3) is 0 Å². The highest BCUT2D eigenvalue weighted by Gasteiger charge is 2.73. The van der Waals surface area contributed by atoms with E-state index in [1.54, 1.807) is 0 Å². The van der Waals surface area contributed by atoms with Crippen molar-refractivity contribution in [2.24, 2.45) is 0 Å². The van der Waals surface area contributed by atoms with E-state index in [1.807, 2.05) is 5.38 Å². The van der Waals surface area contributed by atoms with Gasteiger partial charge >= 0.3 is 7.82 Å². The van der Waals surface area contributed by atoms with Crippen molar-refractivity contribution in [1.29, 1.82) is 0 Å². The number of halogens is 2. The van der Waals surface area contributed by atoms with E-state index >= 15 is 0 Å². The van der Waals surface area contributed by atoms with Crippen LogP contribution in [0.3, 0.4) is 0 Å². The van der Waals surface area contributed by atoms with E-state index in [1.165, 1.54) is 0 Å². The molecule has 17 heavy (non-hydrogen) atoms. The molecule has 2 aliphatic rings. The zero-order valence-corrected chi connectivity index (χ0v) is 10.2. The third-order valence-corrected chi connectivity index (χ3v) is 3.80. The fourth-order valence-corrected chi connectivity index (χ4v) is 3.41. The zero-order valence-electron chi connectivity index (χ0n) is 8.59. The predicted molar refractivity (Wildman–Crippen MR) is 56.5 cm³/mol. The Morgan fingerprint density at radius 3 is 2.82 bits per heavy atom. The lowest BCUT2D eigenvalue weighted by molar-refractivity contribution is -0.133. The number of fused-ring (bicyclic) bond motifs is 1. The highest BCUT2D eigenvalue weighted by atomic mass is 35.5. The van der Waals surface area contributed by atoms with Gasteiger partial charge in [-0.25, -0.2) is 8.96 Å². The molecule has 0 aromatic heterocycles. The Hall–Kier alpha value is -0.125. The lowest BCUT2D eigenvalue weighted by atomic mass is 9.78. The Bertz CT molecular complexity index is 449.